The molecule has 1 aliphatic heterocycles. The summed E-state index contributed by atoms with van der Waals surface area (Å²) in [6, 6.07) is 0. The van der Waals surface area contributed by atoms with Crippen molar-refractivity contribution in [3.63, 3.8) is 0 Å². The van der Waals surface area contributed by atoms with E-state index in [-0.39, 0.29) is 24.6 Å². The summed E-state index contributed by atoms with van der Waals surface area (Å²) in [6.45, 7) is 1.44. The number of halogens is 1. The summed E-state index contributed by atoms with van der Waals surface area (Å²) >= 11 is 0. The number of aliphatic hydroxyl groups is 1. The van der Waals surface area contributed by atoms with Crippen molar-refractivity contribution >= 4 is 12.4 Å². The van der Waals surface area contributed by atoms with Gasteiger partial charge in [-0.15, -0.1) is 12.4 Å². The van der Waals surface area contributed by atoms with Crippen LogP contribution in [0.3, 0.4) is 0 Å². The molecule has 0 spiro atoms. The number of hydrogen-bond acceptors (Lipinski definition) is 3. The SMILES string of the molecule is CO[C@@H]1CNC[C@@H]1O.Cl. The second kappa shape index (κ2) is 4.06. The third kappa shape index (κ3) is 2.10. The van der Waals surface area contributed by atoms with Crippen LogP contribution < -0.4 is 5.32 Å². The van der Waals surface area contributed by atoms with Gasteiger partial charge in [0.15, 0.2) is 0 Å². The van der Waals surface area contributed by atoms with Gasteiger partial charge in [0.05, 0.1) is 12.2 Å². The number of hydrogen-bond donors (Lipinski definition) is 2. The molecule has 0 radical (unpaired) electrons. The van der Waals surface area contributed by atoms with Crippen LogP contribution in [0.15, 0.2) is 0 Å². The second-order valence-corrected chi connectivity index (χ2v) is 2.00. The minimum absolute atomic E-state index is 0. The zero-order chi connectivity index (χ0) is 5.98. The van der Waals surface area contributed by atoms with Crippen LogP contribution in [-0.2, 0) is 4.74 Å². The minimum atomic E-state index is -0.306. The predicted molar refractivity (Wildman–Crippen MR) is 36.9 cm³/mol. The average molecular weight is 154 g/mol. The molecule has 1 rings (SSSR count). The van der Waals surface area contributed by atoms with Gasteiger partial charge in [-0.2, -0.15) is 0 Å². The van der Waals surface area contributed by atoms with Crippen molar-refractivity contribution in [1.29, 1.82) is 0 Å². The molecule has 0 unspecified atom stereocenters. The van der Waals surface area contributed by atoms with Crippen LogP contribution in [0.4, 0.5) is 0 Å². The summed E-state index contributed by atoms with van der Waals surface area (Å²) in [5.74, 6) is 0. The molecule has 1 fully saturated rings. The quantitative estimate of drug-likeness (QED) is 0.528. The molecule has 0 aromatic carbocycles. The van der Waals surface area contributed by atoms with E-state index in [4.69, 9.17) is 9.84 Å². The topological polar surface area (TPSA) is 41.5 Å². The zero-order valence-electron chi connectivity index (χ0n) is 5.33. The van der Waals surface area contributed by atoms with Gasteiger partial charge in [0, 0.05) is 20.2 Å². The highest BCUT2D eigenvalue weighted by Crippen LogP contribution is 2.01. The highest BCUT2D eigenvalue weighted by atomic mass is 35.5. The molecule has 1 aliphatic rings. The van der Waals surface area contributed by atoms with Gasteiger partial charge in [-0.25, -0.2) is 0 Å². The molecule has 0 aromatic rings. The molecular weight excluding hydrogens is 142 g/mol. The fourth-order valence-corrected chi connectivity index (χ4v) is 0.881. The van der Waals surface area contributed by atoms with Crippen molar-refractivity contribution in [3.8, 4) is 0 Å². The lowest BCUT2D eigenvalue weighted by atomic mass is 10.3. The third-order valence-electron chi connectivity index (χ3n) is 1.43. The van der Waals surface area contributed by atoms with Crippen molar-refractivity contribution in [2.45, 2.75) is 12.2 Å². The van der Waals surface area contributed by atoms with Gasteiger partial charge in [0.25, 0.3) is 0 Å². The van der Waals surface area contributed by atoms with E-state index in [0.29, 0.717) is 6.54 Å². The molecule has 0 bridgehead atoms. The van der Waals surface area contributed by atoms with E-state index in [9.17, 15) is 0 Å². The maximum absolute atomic E-state index is 9.00. The molecule has 0 aliphatic carbocycles. The van der Waals surface area contributed by atoms with Crippen LogP contribution in [0.2, 0.25) is 0 Å². The van der Waals surface area contributed by atoms with Gasteiger partial charge in [0.2, 0.25) is 0 Å². The summed E-state index contributed by atoms with van der Waals surface area (Å²) in [7, 11) is 1.61. The van der Waals surface area contributed by atoms with Gasteiger partial charge < -0.3 is 15.2 Å². The first-order chi connectivity index (χ1) is 3.84. The van der Waals surface area contributed by atoms with Crippen LogP contribution in [0.25, 0.3) is 0 Å². The van der Waals surface area contributed by atoms with Crippen LogP contribution in [-0.4, -0.2) is 37.5 Å². The maximum atomic E-state index is 9.00. The molecule has 0 amide bonds. The Hall–Kier alpha value is 0.170. The molecule has 2 atom stereocenters. The second-order valence-electron chi connectivity index (χ2n) is 2.00. The highest BCUT2D eigenvalue weighted by molar-refractivity contribution is 5.85. The zero-order valence-corrected chi connectivity index (χ0v) is 6.15. The molecular formula is C5H12ClNO2. The fourth-order valence-electron chi connectivity index (χ4n) is 0.881. The van der Waals surface area contributed by atoms with Crippen LogP contribution >= 0.6 is 12.4 Å². The average Bonchev–Trinajstić information content (AvgIpc) is 2.14. The third-order valence-corrected chi connectivity index (χ3v) is 1.43. The van der Waals surface area contributed by atoms with Gasteiger partial charge in [-0.05, 0) is 0 Å². The van der Waals surface area contributed by atoms with E-state index < -0.39 is 0 Å². The van der Waals surface area contributed by atoms with Crippen LogP contribution in [0, 0.1) is 0 Å². The van der Waals surface area contributed by atoms with E-state index in [0.717, 1.165) is 6.54 Å². The lowest BCUT2D eigenvalue weighted by molar-refractivity contribution is 0.0217. The normalized spacial score (nSPS) is 34.0. The smallest absolute Gasteiger partial charge is 0.0966 e. The van der Waals surface area contributed by atoms with Gasteiger partial charge >= 0.3 is 0 Å². The van der Waals surface area contributed by atoms with E-state index in [1.165, 1.54) is 0 Å². The van der Waals surface area contributed by atoms with Crippen molar-refractivity contribution in [3.05, 3.63) is 0 Å². The Balaban J connectivity index is 0.000000640. The van der Waals surface area contributed by atoms with E-state index in [1.54, 1.807) is 7.11 Å². The monoisotopic (exact) mass is 153 g/mol. The van der Waals surface area contributed by atoms with Crippen molar-refractivity contribution in [2.24, 2.45) is 0 Å². The Bertz CT molecular complexity index is 81.4. The molecule has 1 saturated heterocycles. The first-order valence-electron chi connectivity index (χ1n) is 2.76. The number of β-amino-alcohol motifs (C(OH)–C–C–N with tert-alkyl or cyclic N) is 1. The molecule has 56 valence electrons. The summed E-state index contributed by atoms with van der Waals surface area (Å²) in [4.78, 5) is 0. The van der Waals surface area contributed by atoms with Crippen LogP contribution in [0.5, 0.6) is 0 Å². The number of methoxy groups -OCH3 is 1. The van der Waals surface area contributed by atoms with Crippen molar-refractivity contribution in [2.75, 3.05) is 20.2 Å². The minimum Gasteiger partial charge on any atom is -0.389 e. The number of rotatable bonds is 1. The van der Waals surface area contributed by atoms with Crippen LogP contribution in [0.1, 0.15) is 0 Å². The Morgan fingerprint density at radius 3 is 2.44 bits per heavy atom. The lowest BCUT2D eigenvalue weighted by Crippen LogP contribution is -2.25. The maximum Gasteiger partial charge on any atom is 0.0966 e. The molecule has 1 heterocycles. The molecule has 2 N–H and O–H groups in total. The standard InChI is InChI=1S/C5H11NO2.ClH/c1-8-5-3-6-2-4(5)7;/h4-7H,2-3H2,1H3;1H/t4-,5+;/m0./s1. The molecule has 4 heteroatoms. The number of nitrogens with one attached hydrogen (secondary N) is 1. The van der Waals surface area contributed by atoms with Gasteiger partial charge in [-0.1, -0.05) is 0 Å². The molecule has 0 aromatic heterocycles. The summed E-state index contributed by atoms with van der Waals surface area (Å²) in [5.41, 5.74) is 0. The van der Waals surface area contributed by atoms with Gasteiger partial charge in [0.1, 0.15) is 0 Å². The first-order valence-corrected chi connectivity index (χ1v) is 2.76. The molecule has 0 saturated carbocycles. The summed E-state index contributed by atoms with van der Waals surface area (Å²) < 4.78 is 4.91. The first kappa shape index (κ1) is 9.17. The largest absolute Gasteiger partial charge is 0.389 e. The van der Waals surface area contributed by atoms with Crippen molar-refractivity contribution < 1.29 is 9.84 Å². The van der Waals surface area contributed by atoms with E-state index >= 15 is 0 Å². The van der Waals surface area contributed by atoms with E-state index in [2.05, 4.69) is 5.32 Å². The Morgan fingerprint density at radius 2 is 2.22 bits per heavy atom. The Labute approximate surface area is 60.8 Å². The molecule has 9 heavy (non-hydrogen) atoms. The Morgan fingerprint density at radius 1 is 1.56 bits per heavy atom. The van der Waals surface area contributed by atoms with Gasteiger partial charge in [-0.3, -0.25) is 0 Å². The number of ether oxygens (including phenoxy) is 1. The Kier molecular flexibility index (Phi) is 4.14. The van der Waals surface area contributed by atoms with E-state index in [1.807, 2.05) is 0 Å². The fraction of sp³-hybridized carbons (Fsp3) is 1.00. The highest BCUT2D eigenvalue weighted by Gasteiger charge is 2.23. The van der Waals surface area contributed by atoms with Crippen molar-refractivity contribution in [1.82, 2.24) is 5.32 Å². The number of aliphatic hydroxyl groups excluding tert-OH is 1. The lowest BCUT2D eigenvalue weighted by Gasteiger charge is -2.08. The summed E-state index contributed by atoms with van der Waals surface area (Å²) in [5, 5.41) is 12.0. The predicted octanol–water partition coefficient (Wildman–Crippen LogP) is -0.613. The molecule has 3 nitrogen and oxygen atoms in total. The summed E-state index contributed by atoms with van der Waals surface area (Å²) in [6.07, 6.45) is -0.296.